The van der Waals surface area contributed by atoms with E-state index in [0.29, 0.717) is 15.7 Å². The Morgan fingerprint density at radius 3 is 3.00 bits per heavy atom. The topological polar surface area (TPSA) is 68.0 Å². The molecule has 1 aromatic carbocycles. The van der Waals surface area contributed by atoms with Crippen molar-refractivity contribution in [3.8, 4) is 0 Å². The van der Waals surface area contributed by atoms with Crippen LogP contribution >= 0.6 is 22.9 Å². The molecule has 0 unspecified atom stereocenters. The predicted molar refractivity (Wildman–Crippen MR) is 78.5 cm³/mol. The van der Waals surface area contributed by atoms with Crippen LogP contribution in [-0.2, 0) is 6.42 Å². The first kappa shape index (κ1) is 13.1. The quantitative estimate of drug-likeness (QED) is 0.800. The summed E-state index contributed by atoms with van der Waals surface area (Å²) in [4.78, 5) is 12.1. The molecule has 0 bridgehead atoms. The second-order valence-electron chi connectivity index (χ2n) is 4.10. The summed E-state index contributed by atoms with van der Waals surface area (Å²) in [6.07, 6.45) is 0.788. The molecule has 3 rings (SSSR count). The Balaban J connectivity index is 1.84. The number of nitrogens with zero attached hydrogens (tertiary/aromatic N) is 2. The summed E-state index contributed by atoms with van der Waals surface area (Å²) >= 11 is 7.25. The van der Waals surface area contributed by atoms with Crippen LogP contribution in [0, 0.1) is 0 Å². The molecule has 20 heavy (non-hydrogen) atoms. The second-order valence-corrected chi connectivity index (χ2v) is 5.60. The highest BCUT2D eigenvalue weighted by molar-refractivity contribution is 7.15. The molecule has 3 aromatic rings. The lowest BCUT2D eigenvalue weighted by Crippen LogP contribution is -2.10. The fraction of sp³-hybridized carbons (Fsp3) is 0.154. The van der Waals surface area contributed by atoms with Crippen LogP contribution < -0.4 is 5.32 Å². The third-order valence-corrected chi connectivity index (χ3v) is 3.91. The third kappa shape index (κ3) is 2.52. The van der Waals surface area contributed by atoms with Crippen molar-refractivity contribution in [1.29, 1.82) is 0 Å². The van der Waals surface area contributed by atoms with Crippen molar-refractivity contribution >= 4 is 44.9 Å². The first-order valence-corrected chi connectivity index (χ1v) is 7.18. The summed E-state index contributed by atoms with van der Waals surface area (Å²) < 4.78 is 5.48. The molecule has 0 atom stereocenters. The molecule has 0 aliphatic carbocycles. The minimum absolute atomic E-state index is 0.218. The number of halogens is 1. The maximum absolute atomic E-state index is 12.1. The Kier molecular flexibility index (Phi) is 3.42. The van der Waals surface area contributed by atoms with Crippen LogP contribution in [0.2, 0.25) is 5.02 Å². The van der Waals surface area contributed by atoms with E-state index in [1.807, 2.05) is 6.92 Å². The average molecular weight is 308 g/mol. The van der Waals surface area contributed by atoms with Crippen molar-refractivity contribution in [2.24, 2.45) is 0 Å². The molecule has 1 N–H and O–H groups in total. The van der Waals surface area contributed by atoms with Gasteiger partial charge in [-0.15, -0.1) is 10.2 Å². The Bertz CT molecular complexity index is 781. The zero-order chi connectivity index (χ0) is 14.1. The van der Waals surface area contributed by atoms with Crippen molar-refractivity contribution in [1.82, 2.24) is 10.2 Å². The van der Waals surface area contributed by atoms with Gasteiger partial charge in [-0.3, -0.25) is 10.1 Å². The molecule has 102 valence electrons. The van der Waals surface area contributed by atoms with E-state index in [4.69, 9.17) is 16.0 Å². The van der Waals surface area contributed by atoms with Gasteiger partial charge in [0, 0.05) is 10.4 Å². The van der Waals surface area contributed by atoms with Crippen LogP contribution in [0.3, 0.4) is 0 Å². The molecule has 1 amide bonds. The van der Waals surface area contributed by atoms with E-state index in [2.05, 4.69) is 15.5 Å². The molecular weight excluding hydrogens is 298 g/mol. The number of carbonyl (C=O) groups excluding carboxylic acids is 1. The normalized spacial score (nSPS) is 10.9. The number of carbonyl (C=O) groups is 1. The molecule has 2 heterocycles. The van der Waals surface area contributed by atoms with Gasteiger partial charge >= 0.3 is 0 Å². The summed E-state index contributed by atoms with van der Waals surface area (Å²) in [6.45, 7) is 1.98. The smallest absolute Gasteiger partial charge is 0.293 e. The Labute approximate surface area is 123 Å². The highest BCUT2D eigenvalue weighted by Crippen LogP contribution is 2.24. The monoisotopic (exact) mass is 307 g/mol. The summed E-state index contributed by atoms with van der Waals surface area (Å²) in [5, 5.41) is 13.2. The van der Waals surface area contributed by atoms with Crippen molar-refractivity contribution in [2.45, 2.75) is 13.3 Å². The summed E-state index contributed by atoms with van der Waals surface area (Å²) in [5.74, 6) is -0.133. The molecule has 0 aliphatic heterocycles. The maximum Gasteiger partial charge on any atom is 0.293 e. The molecule has 0 radical (unpaired) electrons. The fourth-order valence-corrected chi connectivity index (χ4v) is 2.59. The van der Waals surface area contributed by atoms with Crippen LogP contribution in [0.25, 0.3) is 11.0 Å². The van der Waals surface area contributed by atoms with Gasteiger partial charge in [-0.25, -0.2) is 0 Å². The van der Waals surface area contributed by atoms with E-state index in [1.165, 1.54) is 11.3 Å². The third-order valence-electron chi connectivity index (χ3n) is 2.69. The summed E-state index contributed by atoms with van der Waals surface area (Å²) in [5.41, 5.74) is 0.617. The molecule has 5 nitrogen and oxygen atoms in total. The SMILES string of the molecule is CCc1nnc(NC(=O)c2cc3cc(Cl)ccc3o2)s1. The van der Waals surface area contributed by atoms with Crippen molar-refractivity contribution in [3.05, 3.63) is 40.1 Å². The molecule has 2 aromatic heterocycles. The number of amides is 1. The molecular formula is C13H10ClN3O2S. The van der Waals surface area contributed by atoms with Crippen LogP contribution in [0.15, 0.2) is 28.7 Å². The van der Waals surface area contributed by atoms with Gasteiger partial charge < -0.3 is 4.42 Å². The number of rotatable bonds is 3. The molecule has 0 spiro atoms. The minimum Gasteiger partial charge on any atom is -0.451 e. The summed E-state index contributed by atoms with van der Waals surface area (Å²) in [7, 11) is 0. The van der Waals surface area contributed by atoms with E-state index in [9.17, 15) is 4.79 Å². The first-order valence-electron chi connectivity index (χ1n) is 5.98. The Morgan fingerprint density at radius 1 is 1.40 bits per heavy atom. The van der Waals surface area contributed by atoms with E-state index < -0.39 is 0 Å². The Morgan fingerprint density at radius 2 is 2.25 bits per heavy atom. The zero-order valence-corrected chi connectivity index (χ0v) is 12.1. The number of hydrogen-bond donors (Lipinski definition) is 1. The van der Waals surface area contributed by atoms with Gasteiger partial charge in [0.25, 0.3) is 5.91 Å². The molecule has 0 saturated carbocycles. The average Bonchev–Trinajstić information content (AvgIpc) is 3.04. The van der Waals surface area contributed by atoms with E-state index in [-0.39, 0.29) is 11.7 Å². The number of hydrogen-bond acceptors (Lipinski definition) is 5. The van der Waals surface area contributed by atoms with Crippen LogP contribution in [-0.4, -0.2) is 16.1 Å². The Hall–Kier alpha value is -1.92. The lowest BCUT2D eigenvalue weighted by atomic mass is 10.2. The van der Waals surface area contributed by atoms with Gasteiger partial charge in [0.1, 0.15) is 10.6 Å². The van der Waals surface area contributed by atoms with Crippen molar-refractivity contribution in [2.75, 3.05) is 5.32 Å². The number of benzene rings is 1. The predicted octanol–water partition coefficient (Wildman–Crippen LogP) is 3.75. The standard InChI is InChI=1S/C13H10ClN3O2S/c1-2-11-16-17-13(20-11)15-12(18)10-6-7-5-8(14)3-4-9(7)19-10/h3-6H,2H2,1H3,(H,15,17,18). The minimum atomic E-state index is -0.351. The van der Waals surface area contributed by atoms with Gasteiger partial charge in [-0.1, -0.05) is 29.9 Å². The maximum atomic E-state index is 12.1. The van der Waals surface area contributed by atoms with Crippen molar-refractivity contribution in [3.63, 3.8) is 0 Å². The number of aryl methyl sites for hydroxylation is 1. The van der Waals surface area contributed by atoms with E-state index in [0.717, 1.165) is 16.8 Å². The highest BCUT2D eigenvalue weighted by atomic mass is 35.5. The number of nitrogens with one attached hydrogen (secondary N) is 1. The number of fused-ring (bicyclic) bond motifs is 1. The fourth-order valence-electron chi connectivity index (χ4n) is 1.73. The van der Waals surface area contributed by atoms with Crippen LogP contribution in [0.4, 0.5) is 5.13 Å². The largest absolute Gasteiger partial charge is 0.451 e. The second kappa shape index (κ2) is 5.22. The van der Waals surface area contributed by atoms with E-state index in [1.54, 1.807) is 24.3 Å². The highest BCUT2D eigenvalue weighted by Gasteiger charge is 2.14. The molecule has 0 saturated heterocycles. The first-order chi connectivity index (χ1) is 9.65. The molecule has 0 aliphatic rings. The van der Waals surface area contributed by atoms with Gasteiger partial charge in [0.15, 0.2) is 5.76 Å². The van der Waals surface area contributed by atoms with Gasteiger partial charge in [0.2, 0.25) is 5.13 Å². The van der Waals surface area contributed by atoms with Gasteiger partial charge in [-0.05, 0) is 30.7 Å². The summed E-state index contributed by atoms with van der Waals surface area (Å²) in [6, 6.07) is 6.84. The molecule has 7 heteroatoms. The van der Waals surface area contributed by atoms with Gasteiger partial charge in [0.05, 0.1) is 0 Å². The van der Waals surface area contributed by atoms with Crippen LogP contribution in [0.1, 0.15) is 22.5 Å². The lowest BCUT2D eigenvalue weighted by molar-refractivity contribution is 0.0998. The van der Waals surface area contributed by atoms with E-state index >= 15 is 0 Å². The van der Waals surface area contributed by atoms with Crippen molar-refractivity contribution < 1.29 is 9.21 Å². The van der Waals surface area contributed by atoms with Gasteiger partial charge in [-0.2, -0.15) is 0 Å². The number of aromatic nitrogens is 2. The lowest BCUT2D eigenvalue weighted by Gasteiger charge is -1.95. The number of anilines is 1. The number of furan rings is 1. The molecule has 0 fully saturated rings. The zero-order valence-electron chi connectivity index (χ0n) is 10.5. The van der Waals surface area contributed by atoms with Crippen LogP contribution in [0.5, 0.6) is 0 Å².